The van der Waals surface area contributed by atoms with Crippen molar-refractivity contribution in [3.63, 3.8) is 0 Å². The van der Waals surface area contributed by atoms with Crippen LogP contribution in [0.25, 0.3) is 0 Å². The summed E-state index contributed by atoms with van der Waals surface area (Å²) in [6.45, 7) is 4.49. The molecule has 2 rings (SSSR count). The molecule has 2 nitrogen and oxygen atoms in total. The number of halogens is 1. The molecular formula is C14H17ClN2S. The third-order valence-corrected chi connectivity index (χ3v) is 4.06. The monoisotopic (exact) mass is 280 g/mol. The molecule has 0 saturated carbocycles. The van der Waals surface area contributed by atoms with Gasteiger partial charge in [-0.3, -0.25) is 0 Å². The zero-order valence-corrected chi connectivity index (χ0v) is 12.0. The topological polar surface area (TPSA) is 29.3 Å². The number of anilines is 1. The third kappa shape index (κ3) is 3.05. The van der Waals surface area contributed by atoms with Crippen LogP contribution < -0.4 is 10.6 Å². The first kappa shape index (κ1) is 13.4. The molecule has 2 aromatic rings. The van der Waals surface area contributed by atoms with Crippen molar-refractivity contribution in [1.82, 2.24) is 0 Å². The van der Waals surface area contributed by atoms with Crippen molar-refractivity contribution >= 4 is 28.6 Å². The molecule has 0 spiro atoms. The smallest absolute Gasteiger partial charge is 0.0642 e. The molecule has 0 aliphatic heterocycles. The lowest BCUT2D eigenvalue weighted by molar-refractivity contribution is 0.842. The number of nitrogens with two attached hydrogens (primary N) is 1. The van der Waals surface area contributed by atoms with E-state index in [2.05, 4.69) is 35.4 Å². The van der Waals surface area contributed by atoms with Crippen LogP contribution in [0.1, 0.15) is 17.4 Å². The number of nitrogens with zero attached hydrogens (tertiary/aromatic N) is 1. The van der Waals surface area contributed by atoms with Gasteiger partial charge in [-0.05, 0) is 36.1 Å². The average Bonchev–Trinajstić information content (AvgIpc) is 2.89. The fourth-order valence-electron chi connectivity index (χ4n) is 1.89. The highest BCUT2D eigenvalue weighted by Gasteiger charge is 2.10. The van der Waals surface area contributed by atoms with Gasteiger partial charge in [0.2, 0.25) is 0 Å². The summed E-state index contributed by atoms with van der Waals surface area (Å²) in [4.78, 5) is 3.62. The second kappa shape index (κ2) is 6.23. The summed E-state index contributed by atoms with van der Waals surface area (Å²) in [6.07, 6.45) is 0. The zero-order chi connectivity index (χ0) is 13.0. The van der Waals surface area contributed by atoms with E-state index in [1.54, 1.807) is 11.3 Å². The van der Waals surface area contributed by atoms with Gasteiger partial charge in [-0.2, -0.15) is 0 Å². The van der Waals surface area contributed by atoms with Crippen LogP contribution >= 0.6 is 22.9 Å². The van der Waals surface area contributed by atoms with E-state index in [0.717, 1.165) is 29.4 Å². The van der Waals surface area contributed by atoms with Gasteiger partial charge in [0.15, 0.2) is 0 Å². The Kier molecular flexibility index (Phi) is 4.64. The lowest BCUT2D eigenvalue weighted by Crippen LogP contribution is -2.21. The molecule has 2 N–H and O–H groups in total. The minimum atomic E-state index is 0.525. The number of hydrogen-bond acceptors (Lipinski definition) is 3. The maximum Gasteiger partial charge on any atom is 0.0642 e. The number of thiophene rings is 1. The SMILES string of the molecule is CCN(Cc1cccs1)c1ccc(CN)cc1Cl. The second-order valence-electron chi connectivity index (χ2n) is 4.08. The molecule has 0 bridgehead atoms. The van der Waals surface area contributed by atoms with Gasteiger partial charge in [0.1, 0.15) is 0 Å². The summed E-state index contributed by atoms with van der Waals surface area (Å²) < 4.78 is 0. The van der Waals surface area contributed by atoms with Crippen LogP contribution in [-0.2, 0) is 13.1 Å². The van der Waals surface area contributed by atoms with Crippen molar-refractivity contribution < 1.29 is 0 Å². The molecule has 18 heavy (non-hydrogen) atoms. The Bertz CT molecular complexity index is 497. The number of hydrogen-bond donors (Lipinski definition) is 1. The largest absolute Gasteiger partial charge is 0.365 e. The molecule has 0 amide bonds. The van der Waals surface area contributed by atoms with Gasteiger partial charge in [-0.1, -0.05) is 23.7 Å². The number of rotatable bonds is 5. The lowest BCUT2D eigenvalue weighted by atomic mass is 10.2. The fraction of sp³-hybridized carbons (Fsp3) is 0.286. The zero-order valence-electron chi connectivity index (χ0n) is 10.4. The summed E-state index contributed by atoms with van der Waals surface area (Å²) in [5, 5.41) is 2.87. The molecule has 1 aromatic carbocycles. The van der Waals surface area contributed by atoms with Crippen molar-refractivity contribution in [2.24, 2.45) is 5.73 Å². The van der Waals surface area contributed by atoms with Gasteiger partial charge in [-0.25, -0.2) is 0 Å². The van der Waals surface area contributed by atoms with Crippen LogP contribution in [0.5, 0.6) is 0 Å². The lowest BCUT2D eigenvalue weighted by Gasteiger charge is -2.24. The van der Waals surface area contributed by atoms with Crippen molar-refractivity contribution in [3.8, 4) is 0 Å². The number of benzene rings is 1. The summed E-state index contributed by atoms with van der Waals surface area (Å²) in [5.74, 6) is 0. The molecule has 4 heteroatoms. The molecule has 1 heterocycles. The van der Waals surface area contributed by atoms with Crippen molar-refractivity contribution in [2.75, 3.05) is 11.4 Å². The van der Waals surface area contributed by atoms with Crippen LogP contribution in [-0.4, -0.2) is 6.54 Å². The minimum Gasteiger partial charge on any atom is -0.365 e. The van der Waals surface area contributed by atoms with E-state index in [1.165, 1.54) is 4.88 Å². The molecule has 0 aliphatic rings. The van der Waals surface area contributed by atoms with Crippen LogP contribution in [0.2, 0.25) is 5.02 Å². The summed E-state index contributed by atoms with van der Waals surface area (Å²) in [6, 6.07) is 10.3. The normalized spacial score (nSPS) is 10.6. The van der Waals surface area contributed by atoms with Gasteiger partial charge in [0, 0.05) is 18.0 Å². The highest BCUT2D eigenvalue weighted by Crippen LogP contribution is 2.28. The molecular weight excluding hydrogens is 264 g/mol. The molecule has 0 fully saturated rings. The first-order chi connectivity index (χ1) is 8.74. The van der Waals surface area contributed by atoms with E-state index in [-0.39, 0.29) is 0 Å². The Hall–Kier alpha value is -1.03. The Morgan fingerprint density at radius 2 is 2.17 bits per heavy atom. The van der Waals surface area contributed by atoms with Crippen LogP contribution in [0, 0.1) is 0 Å². The Morgan fingerprint density at radius 3 is 2.72 bits per heavy atom. The maximum atomic E-state index is 6.33. The van der Waals surface area contributed by atoms with Crippen molar-refractivity contribution in [2.45, 2.75) is 20.0 Å². The summed E-state index contributed by atoms with van der Waals surface area (Å²) in [7, 11) is 0. The van der Waals surface area contributed by atoms with Gasteiger partial charge in [-0.15, -0.1) is 11.3 Å². The molecule has 0 radical (unpaired) electrons. The van der Waals surface area contributed by atoms with Gasteiger partial charge in [0.25, 0.3) is 0 Å². The second-order valence-corrected chi connectivity index (χ2v) is 5.52. The van der Waals surface area contributed by atoms with E-state index in [1.807, 2.05) is 12.1 Å². The minimum absolute atomic E-state index is 0.525. The quantitative estimate of drug-likeness (QED) is 0.900. The summed E-state index contributed by atoms with van der Waals surface area (Å²) in [5.41, 5.74) is 7.76. The highest BCUT2D eigenvalue weighted by atomic mass is 35.5. The Balaban J connectivity index is 2.22. The molecule has 1 aromatic heterocycles. The van der Waals surface area contributed by atoms with Crippen molar-refractivity contribution in [3.05, 3.63) is 51.2 Å². The van der Waals surface area contributed by atoms with E-state index in [4.69, 9.17) is 17.3 Å². The third-order valence-electron chi connectivity index (χ3n) is 2.90. The Morgan fingerprint density at radius 1 is 1.33 bits per heavy atom. The predicted molar refractivity (Wildman–Crippen MR) is 80.4 cm³/mol. The van der Waals surface area contributed by atoms with Gasteiger partial charge >= 0.3 is 0 Å². The average molecular weight is 281 g/mol. The van der Waals surface area contributed by atoms with E-state index < -0.39 is 0 Å². The summed E-state index contributed by atoms with van der Waals surface area (Å²) >= 11 is 8.10. The van der Waals surface area contributed by atoms with Crippen LogP contribution in [0.4, 0.5) is 5.69 Å². The molecule has 96 valence electrons. The standard InChI is InChI=1S/C14H17ClN2S/c1-2-17(10-12-4-3-7-18-12)14-6-5-11(9-16)8-13(14)15/h3-8H,2,9-10,16H2,1H3. The first-order valence-electron chi connectivity index (χ1n) is 6.00. The first-order valence-corrected chi connectivity index (χ1v) is 7.26. The molecule has 0 atom stereocenters. The molecule has 0 unspecified atom stereocenters. The van der Waals surface area contributed by atoms with E-state index in [9.17, 15) is 0 Å². The van der Waals surface area contributed by atoms with Crippen molar-refractivity contribution in [1.29, 1.82) is 0 Å². The predicted octanol–water partition coefficient (Wildman–Crippen LogP) is 3.89. The highest BCUT2D eigenvalue weighted by molar-refractivity contribution is 7.09. The van der Waals surface area contributed by atoms with E-state index >= 15 is 0 Å². The van der Waals surface area contributed by atoms with Crippen LogP contribution in [0.3, 0.4) is 0 Å². The molecule has 0 saturated heterocycles. The van der Waals surface area contributed by atoms with Gasteiger partial charge in [0.05, 0.1) is 17.3 Å². The Labute approximate surface area is 117 Å². The van der Waals surface area contributed by atoms with Gasteiger partial charge < -0.3 is 10.6 Å². The van der Waals surface area contributed by atoms with E-state index in [0.29, 0.717) is 6.54 Å². The van der Waals surface area contributed by atoms with Crippen LogP contribution in [0.15, 0.2) is 35.7 Å². The molecule has 0 aliphatic carbocycles. The fourth-order valence-corrected chi connectivity index (χ4v) is 2.93. The maximum absolute atomic E-state index is 6.33.